The Balaban J connectivity index is 2.76. The number of carbonyl (C=O) groups is 2. The van der Waals surface area contributed by atoms with Crippen molar-refractivity contribution >= 4 is 39.4 Å². The van der Waals surface area contributed by atoms with E-state index < -0.39 is 17.4 Å². The third-order valence-corrected chi connectivity index (χ3v) is 3.44. The normalized spacial score (nSPS) is 11.1. The largest absolute Gasteiger partial charge is 0.482 e. The third-order valence-electron chi connectivity index (χ3n) is 2.65. The summed E-state index contributed by atoms with van der Waals surface area (Å²) in [6.45, 7) is 4.65. The average Bonchev–Trinajstić information content (AvgIpc) is 2.33. The molecule has 5 nitrogen and oxygen atoms in total. The molecule has 0 aliphatic rings. The van der Waals surface area contributed by atoms with Gasteiger partial charge in [-0.2, -0.15) is 0 Å². The molecule has 116 valence electrons. The molecule has 0 bridgehead atoms. The smallest absolute Gasteiger partial charge is 0.323 e. The van der Waals surface area contributed by atoms with Gasteiger partial charge in [-0.1, -0.05) is 27.5 Å². The van der Waals surface area contributed by atoms with Crippen LogP contribution in [0.3, 0.4) is 0 Å². The molecule has 0 aliphatic heterocycles. The third kappa shape index (κ3) is 5.55. The van der Waals surface area contributed by atoms with Crippen molar-refractivity contribution in [1.29, 1.82) is 0 Å². The van der Waals surface area contributed by atoms with Gasteiger partial charge in [0.25, 0.3) is 5.91 Å². The minimum Gasteiger partial charge on any atom is -0.482 e. The van der Waals surface area contributed by atoms with Crippen LogP contribution in [0.4, 0.5) is 0 Å². The number of nitrogens with zero attached hydrogens (tertiary/aromatic N) is 1. The molecule has 1 N–H and O–H groups in total. The topological polar surface area (TPSA) is 66.8 Å². The zero-order valence-electron chi connectivity index (χ0n) is 12.0. The van der Waals surface area contributed by atoms with Gasteiger partial charge in [-0.25, -0.2) is 0 Å². The minimum absolute atomic E-state index is 0.272. The van der Waals surface area contributed by atoms with E-state index in [1.54, 1.807) is 39.0 Å². The lowest BCUT2D eigenvalue weighted by Crippen LogP contribution is -2.50. The highest BCUT2D eigenvalue weighted by molar-refractivity contribution is 9.10. The van der Waals surface area contributed by atoms with Gasteiger partial charge in [-0.15, -0.1) is 0 Å². The number of hydrogen-bond donors (Lipinski definition) is 1. The number of carboxylic acid groups (broad SMARTS) is 1. The first kappa shape index (κ1) is 17.8. The van der Waals surface area contributed by atoms with E-state index in [0.29, 0.717) is 10.8 Å². The number of carboxylic acids is 1. The van der Waals surface area contributed by atoms with Gasteiger partial charge in [0.2, 0.25) is 0 Å². The van der Waals surface area contributed by atoms with Crippen molar-refractivity contribution in [2.45, 2.75) is 26.3 Å². The number of hydrogen-bond acceptors (Lipinski definition) is 3. The Morgan fingerprint density at radius 2 is 2.00 bits per heavy atom. The molecule has 0 heterocycles. The van der Waals surface area contributed by atoms with Crippen LogP contribution >= 0.6 is 27.5 Å². The van der Waals surface area contributed by atoms with Crippen molar-refractivity contribution in [2.75, 3.05) is 13.2 Å². The van der Waals surface area contributed by atoms with Crippen LogP contribution in [0, 0.1) is 0 Å². The van der Waals surface area contributed by atoms with Crippen LogP contribution in [0.1, 0.15) is 20.8 Å². The molecule has 1 amide bonds. The molecule has 0 saturated heterocycles. The van der Waals surface area contributed by atoms with Crippen molar-refractivity contribution in [3.05, 3.63) is 27.7 Å². The maximum absolute atomic E-state index is 12.2. The number of ether oxygens (including phenoxy) is 1. The first-order valence-corrected chi connectivity index (χ1v) is 7.38. The summed E-state index contributed by atoms with van der Waals surface area (Å²) in [4.78, 5) is 24.3. The van der Waals surface area contributed by atoms with E-state index in [4.69, 9.17) is 21.4 Å². The zero-order chi connectivity index (χ0) is 16.2. The second kappa shape index (κ2) is 7.13. The number of amides is 1. The summed E-state index contributed by atoms with van der Waals surface area (Å²) in [5.41, 5.74) is -0.609. The van der Waals surface area contributed by atoms with E-state index in [1.807, 2.05) is 0 Å². The molecule has 1 rings (SSSR count). The Hall–Kier alpha value is -1.27. The number of halogens is 2. The van der Waals surface area contributed by atoms with Crippen molar-refractivity contribution in [3.8, 4) is 5.75 Å². The fourth-order valence-electron chi connectivity index (χ4n) is 1.64. The lowest BCUT2D eigenvalue weighted by molar-refractivity contribution is -0.149. The molecular formula is C14H17BrClNO4. The first-order chi connectivity index (χ1) is 9.61. The predicted octanol–water partition coefficient (Wildman–Crippen LogP) is 3.19. The Kier molecular flexibility index (Phi) is 6.04. The molecule has 0 spiro atoms. The molecule has 0 unspecified atom stereocenters. The molecule has 1 aromatic carbocycles. The highest BCUT2D eigenvalue weighted by atomic mass is 79.9. The molecule has 0 radical (unpaired) electrons. The molecule has 0 aromatic heterocycles. The van der Waals surface area contributed by atoms with Gasteiger partial charge in [0, 0.05) is 10.0 Å². The summed E-state index contributed by atoms with van der Waals surface area (Å²) >= 11 is 9.27. The summed E-state index contributed by atoms with van der Waals surface area (Å²) < 4.78 is 6.17. The van der Waals surface area contributed by atoms with Crippen LogP contribution in [-0.2, 0) is 9.59 Å². The van der Waals surface area contributed by atoms with Gasteiger partial charge in [0.1, 0.15) is 12.3 Å². The average molecular weight is 379 g/mol. The molecule has 0 saturated carbocycles. The van der Waals surface area contributed by atoms with E-state index in [9.17, 15) is 9.59 Å². The van der Waals surface area contributed by atoms with Gasteiger partial charge >= 0.3 is 5.97 Å². The quantitative estimate of drug-likeness (QED) is 0.854. The number of rotatable bonds is 5. The highest BCUT2D eigenvalue weighted by Gasteiger charge is 2.28. The summed E-state index contributed by atoms with van der Waals surface area (Å²) in [6.07, 6.45) is 0. The molecule has 0 fully saturated rings. The van der Waals surface area contributed by atoms with Crippen LogP contribution in [0.5, 0.6) is 5.75 Å². The molecule has 1 aromatic rings. The Labute approximate surface area is 137 Å². The predicted molar refractivity (Wildman–Crippen MR) is 83.7 cm³/mol. The Bertz CT molecular complexity index is 542. The molecule has 21 heavy (non-hydrogen) atoms. The van der Waals surface area contributed by atoms with Crippen LogP contribution in [-0.4, -0.2) is 40.6 Å². The number of carbonyl (C=O) groups excluding carboxylic acids is 1. The first-order valence-electron chi connectivity index (χ1n) is 6.21. The van der Waals surface area contributed by atoms with Gasteiger partial charge in [-0.05, 0) is 39.0 Å². The summed E-state index contributed by atoms with van der Waals surface area (Å²) in [7, 11) is 0. The fourth-order valence-corrected chi connectivity index (χ4v) is 2.37. The van der Waals surface area contributed by atoms with Crippen molar-refractivity contribution in [1.82, 2.24) is 4.90 Å². The lowest BCUT2D eigenvalue weighted by atomic mass is 10.1. The standard InChI is InChI=1S/C14H17BrClNO4/c1-14(2,3)17(7-13(19)20)12(18)8-21-11-5-4-9(15)6-10(11)16/h4-6H,7-8H2,1-3H3,(H,19,20). The maximum atomic E-state index is 12.2. The van der Waals surface area contributed by atoms with Gasteiger partial charge in [0.15, 0.2) is 6.61 Å². The Morgan fingerprint density at radius 3 is 2.48 bits per heavy atom. The van der Waals surface area contributed by atoms with E-state index >= 15 is 0 Å². The molecular weight excluding hydrogens is 362 g/mol. The Morgan fingerprint density at radius 1 is 1.38 bits per heavy atom. The molecule has 0 atom stereocenters. The van der Waals surface area contributed by atoms with Crippen LogP contribution in [0.15, 0.2) is 22.7 Å². The summed E-state index contributed by atoms with van der Waals surface area (Å²) in [6, 6.07) is 5.03. The van der Waals surface area contributed by atoms with Crippen LogP contribution < -0.4 is 4.74 Å². The maximum Gasteiger partial charge on any atom is 0.323 e. The fraction of sp³-hybridized carbons (Fsp3) is 0.429. The van der Waals surface area contributed by atoms with E-state index in [0.717, 1.165) is 4.47 Å². The monoisotopic (exact) mass is 377 g/mol. The second-order valence-corrected chi connectivity index (χ2v) is 6.73. The van der Waals surface area contributed by atoms with E-state index in [2.05, 4.69) is 15.9 Å². The molecule has 7 heteroatoms. The summed E-state index contributed by atoms with van der Waals surface area (Å²) in [5.74, 6) is -1.11. The van der Waals surface area contributed by atoms with Gasteiger partial charge in [-0.3, -0.25) is 9.59 Å². The van der Waals surface area contributed by atoms with Crippen LogP contribution in [0.25, 0.3) is 0 Å². The molecule has 0 aliphatic carbocycles. The highest BCUT2D eigenvalue weighted by Crippen LogP contribution is 2.27. The minimum atomic E-state index is -1.07. The zero-order valence-corrected chi connectivity index (χ0v) is 14.4. The lowest BCUT2D eigenvalue weighted by Gasteiger charge is -2.34. The summed E-state index contributed by atoms with van der Waals surface area (Å²) in [5, 5.41) is 9.27. The SMILES string of the molecule is CC(C)(C)N(CC(=O)O)C(=O)COc1ccc(Br)cc1Cl. The van der Waals surface area contributed by atoms with Crippen molar-refractivity contribution in [2.24, 2.45) is 0 Å². The van der Waals surface area contributed by atoms with E-state index in [1.165, 1.54) is 4.90 Å². The number of benzene rings is 1. The van der Waals surface area contributed by atoms with Crippen LogP contribution in [0.2, 0.25) is 5.02 Å². The van der Waals surface area contributed by atoms with Gasteiger partial charge < -0.3 is 14.7 Å². The van der Waals surface area contributed by atoms with Gasteiger partial charge in [0.05, 0.1) is 5.02 Å². The second-order valence-electron chi connectivity index (χ2n) is 5.41. The van der Waals surface area contributed by atoms with E-state index in [-0.39, 0.29) is 13.2 Å². The van der Waals surface area contributed by atoms with Crippen molar-refractivity contribution < 1.29 is 19.4 Å². The number of aliphatic carboxylic acids is 1. The van der Waals surface area contributed by atoms with Crippen molar-refractivity contribution in [3.63, 3.8) is 0 Å².